The highest BCUT2D eigenvalue weighted by Gasteiger charge is 2.37. The minimum absolute atomic E-state index is 0.0548. The molecule has 23 heavy (non-hydrogen) atoms. The molecule has 1 aromatic carbocycles. The molecular formula is C18H29N3O2. The van der Waals surface area contributed by atoms with E-state index in [2.05, 4.69) is 37.9 Å². The van der Waals surface area contributed by atoms with Crippen LogP contribution in [0.25, 0.3) is 0 Å². The largest absolute Gasteiger partial charge is 0.492 e. The Morgan fingerprint density at radius 2 is 1.87 bits per heavy atom. The fraction of sp³-hybridized carbons (Fsp3) is 0.611. The number of hydrogen-bond acceptors (Lipinski definition) is 3. The van der Waals surface area contributed by atoms with Crippen LogP contribution in [0, 0.1) is 0 Å². The minimum Gasteiger partial charge on any atom is -0.492 e. The average molecular weight is 319 g/mol. The third kappa shape index (κ3) is 4.16. The Bertz CT molecular complexity index is 517. The zero-order valence-electron chi connectivity index (χ0n) is 14.9. The number of anilines is 1. The second-order valence-electron chi connectivity index (χ2n) is 6.55. The maximum Gasteiger partial charge on any atom is 0.322 e. The van der Waals surface area contributed by atoms with E-state index < -0.39 is 0 Å². The van der Waals surface area contributed by atoms with Gasteiger partial charge < -0.3 is 15.0 Å². The van der Waals surface area contributed by atoms with Crippen LogP contribution in [0.5, 0.6) is 5.75 Å². The summed E-state index contributed by atoms with van der Waals surface area (Å²) in [5.74, 6) is 0.714. The summed E-state index contributed by atoms with van der Waals surface area (Å²) in [6.07, 6.45) is 0. The van der Waals surface area contributed by atoms with Gasteiger partial charge in [-0.15, -0.1) is 0 Å². The Hall–Kier alpha value is -1.75. The number of hydrogen-bond donors (Lipinski definition) is 1. The van der Waals surface area contributed by atoms with Crippen LogP contribution in [0.3, 0.4) is 0 Å². The summed E-state index contributed by atoms with van der Waals surface area (Å²) < 4.78 is 5.55. The first-order chi connectivity index (χ1) is 10.9. The highest BCUT2D eigenvalue weighted by Crippen LogP contribution is 2.26. The average Bonchev–Trinajstić information content (AvgIpc) is 2.43. The van der Waals surface area contributed by atoms with Crippen LogP contribution in [0.1, 0.15) is 34.6 Å². The molecule has 1 fully saturated rings. The lowest BCUT2D eigenvalue weighted by Crippen LogP contribution is -2.64. The Balaban J connectivity index is 1.92. The van der Waals surface area contributed by atoms with Crippen molar-refractivity contribution in [1.29, 1.82) is 0 Å². The molecule has 2 rings (SSSR count). The molecule has 0 aliphatic carbocycles. The molecule has 5 heteroatoms. The monoisotopic (exact) mass is 319 g/mol. The lowest BCUT2D eigenvalue weighted by molar-refractivity contribution is 0.0202. The van der Waals surface area contributed by atoms with Crippen LogP contribution in [-0.2, 0) is 0 Å². The number of amides is 2. The van der Waals surface area contributed by atoms with Gasteiger partial charge in [-0.25, -0.2) is 4.79 Å². The van der Waals surface area contributed by atoms with E-state index in [0.717, 1.165) is 18.8 Å². The van der Waals surface area contributed by atoms with Crippen molar-refractivity contribution >= 4 is 11.7 Å². The molecule has 0 bridgehead atoms. The Kier molecular flexibility index (Phi) is 5.88. The molecule has 1 aliphatic heterocycles. The first-order valence-corrected chi connectivity index (χ1v) is 8.49. The van der Waals surface area contributed by atoms with Crippen LogP contribution in [0.15, 0.2) is 24.3 Å². The zero-order valence-corrected chi connectivity index (χ0v) is 14.9. The summed E-state index contributed by atoms with van der Waals surface area (Å²) in [6.45, 7) is 12.9. The molecule has 128 valence electrons. The van der Waals surface area contributed by atoms with Gasteiger partial charge in [0, 0.05) is 31.2 Å². The van der Waals surface area contributed by atoms with Gasteiger partial charge >= 0.3 is 6.03 Å². The van der Waals surface area contributed by atoms with Crippen molar-refractivity contribution < 1.29 is 9.53 Å². The van der Waals surface area contributed by atoms with Crippen LogP contribution in [0.4, 0.5) is 10.5 Å². The van der Waals surface area contributed by atoms with Gasteiger partial charge in [-0.3, -0.25) is 4.90 Å². The summed E-state index contributed by atoms with van der Waals surface area (Å²) in [6, 6.07) is 8.92. The molecule has 5 nitrogen and oxygen atoms in total. The van der Waals surface area contributed by atoms with Crippen molar-refractivity contribution in [1.82, 2.24) is 9.80 Å². The fourth-order valence-electron chi connectivity index (χ4n) is 3.29. The molecule has 2 amide bonds. The number of rotatable bonds is 6. The van der Waals surface area contributed by atoms with E-state index in [0.29, 0.717) is 30.5 Å². The number of urea groups is 1. The molecule has 0 spiro atoms. The van der Waals surface area contributed by atoms with E-state index >= 15 is 0 Å². The number of nitrogens with one attached hydrogen (secondary N) is 1. The van der Waals surface area contributed by atoms with Gasteiger partial charge in [-0.2, -0.15) is 0 Å². The van der Waals surface area contributed by atoms with Crippen molar-refractivity contribution in [2.24, 2.45) is 0 Å². The smallest absolute Gasteiger partial charge is 0.322 e. The molecule has 1 heterocycles. The summed E-state index contributed by atoms with van der Waals surface area (Å²) in [4.78, 5) is 16.7. The Morgan fingerprint density at radius 3 is 2.43 bits per heavy atom. The predicted molar refractivity (Wildman–Crippen MR) is 94.1 cm³/mol. The maximum absolute atomic E-state index is 12.4. The molecule has 0 radical (unpaired) electrons. The Labute approximate surface area is 139 Å². The van der Waals surface area contributed by atoms with E-state index in [1.54, 1.807) is 0 Å². The Morgan fingerprint density at radius 1 is 1.26 bits per heavy atom. The van der Waals surface area contributed by atoms with Crippen molar-refractivity contribution in [2.75, 3.05) is 25.0 Å². The zero-order chi connectivity index (χ0) is 17.0. The van der Waals surface area contributed by atoms with Crippen molar-refractivity contribution in [2.45, 2.75) is 52.7 Å². The number of carbonyl (C=O) groups is 1. The molecule has 1 saturated heterocycles. The number of ether oxygens (including phenoxy) is 1. The second-order valence-corrected chi connectivity index (χ2v) is 6.55. The number of likely N-dealkylation sites (tertiary alicyclic amines) is 1. The maximum atomic E-state index is 12.4. The number of para-hydroxylation sites is 2. The van der Waals surface area contributed by atoms with Crippen molar-refractivity contribution in [3.63, 3.8) is 0 Å². The second kappa shape index (κ2) is 7.68. The topological polar surface area (TPSA) is 44.8 Å². The van der Waals surface area contributed by atoms with Crippen LogP contribution in [-0.4, -0.2) is 53.7 Å². The molecular weight excluding hydrogens is 290 g/mol. The quantitative estimate of drug-likeness (QED) is 0.874. The standard InChI is InChI=1S/C18H29N3O2/c1-6-23-17-10-8-7-9-16(17)19-18(22)20-11-15(12-20)21(13(2)3)14(4)5/h7-10,13-15H,6,11-12H2,1-5H3,(H,19,22). The van der Waals surface area contributed by atoms with Gasteiger partial charge in [0.25, 0.3) is 0 Å². The molecule has 0 aromatic heterocycles. The van der Waals surface area contributed by atoms with Crippen molar-refractivity contribution in [3.05, 3.63) is 24.3 Å². The van der Waals surface area contributed by atoms with Crippen LogP contribution < -0.4 is 10.1 Å². The lowest BCUT2D eigenvalue weighted by Gasteiger charge is -2.48. The van der Waals surface area contributed by atoms with Crippen LogP contribution in [0.2, 0.25) is 0 Å². The molecule has 0 unspecified atom stereocenters. The van der Waals surface area contributed by atoms with Crippen LogP contribution >= 0.6 is 0 Å². The predicted octanol–water partition coefficient (Wildman–Crippen LogP) is 3.42. The summed E-state index contributed by atoms with van der Waals surface area (Å²) in [5.41, 5.74) is 0.729. The number of benzene rings is 1. The van der Waals surface area contributed by atoms with Gasteiger partial charge in [0.2, 0.25) is 0 Å². The minimum atomic E-state index is -0.0548. The third-order valence-corrected chi connectivity index (χ3v) is 4.19. The normalized spacial score (nSPS) is 15.2. The van der Waals surface area contributed by atoms with E-state index in [9.17, 15) is 4.79 Å². The SMILES string of the molecule is CCOc1ccccc1NC(=O)N1CC(N(C(C)C)C(C)C)C1. The highest BCUT2D eigenvalue weighted by atomic mass is 16.5. The third-order valence-electron chi connectivity index (χ3n) is 4.19. The van der Waals surface area contributed by atoms with Crippen molar-refractivity contribution in [3.8, 4) is 5.75 Å². The first kappa shape index (κ1) is 17.6. The number of carbonyl (C=O) groups excluding carboxylic acids is 1. The van der Waals surface area contributed by atoms with Gasteiger partial charge in [0.15, 0.2) is 0 Å². The lowest BCUT2D eigenvalue weighted by atomic mass is 10.0. The van der Waals surface area contributed by atoms with E-state index in [4.69, 9.17) is 4.74 Å². The van der Waals surface area contributed by atoms with Gasteiger partial charge in [-0.05, 0) is 46.8 Å². The molecule has 1 aromatic rings. The van der Waals surface area contributed by atoms with Gasteiger partial charge in [-0.1, -0.05) is 12.1 Å². The number of nitrogens with zero attached hydrogens (tertiary/aromatic N) is 2. The highest BCUT2D eigenvalue weighted by molar-refractivity contribution is 5.91. The first-order valence-electron chi connectivity index (χ1n) is 8.49. The summed E-state index contributed by atoms with van der Waals surface area (Å²) in [5, 5.41) is 2.96. The van der Waals surface area contributed by atoms with Gasteiger partial charge in [0.1, 0.15) is 5.75 Å². The van der Waals surface area contributed by atoms with E-state index in [-0.39, 0.29) is 6.03 Å². The summed E-state index contributed by atoms with van der Waals surface area (Å²) >= 11 is 0. The van der Waals surface area contributed by atoms with Gasteiger partial charge in [0.05, 0.1) is 12.3 Å². The summed E-state index contributed by atoms with van der Waals surface area (Å²) in [7, 11) is 0. The fourth-order valence-corrected chi connectivity index (χ4v) is 3.29. The van der Waals surface area contributed by atoms with E-state index in [1.165, 1.54) is 0 Å². The molecule has 1 aliphatic rings. The molecule has 1 N–H and O–H groups in total. The molecule has 0 atom stereocenters. The van der Waals surface area contributed by atoms with E-state index in [1.807, 2.05) is 36.1 Å². The molecule has 0 saturated carbocycles.